The molecule has 2 aliphatic rings. The number of amides is 2. The van der Waals surface area contributed by atoms with Crippen LogP contribution in [0.2, 0.25) is 0 Å². The van der Waals surface area contributed by atoms with Crippen molar-refractivity contribution in [3.63, 3.8) is 0 Å². The fraction of sp³-hybridized carbons (Fsp3) is 0.413. The molecule has 558 valence electrons. The van der Waals surface area contributed by atoms with Crippen molar-refractivity contribution in [3.8, 4) is 20.9 Å². The van der Waals surface area contributed by atoms with Crippen LogP contribution in [-0.2, 0) is 29.5 Å². The topological polar surface area (TPSA) is 336 Å². The van der Waals surface area contributed by atoms with Gasteiger partial charge in [-0.2, -0.15) is 0 Å². The Morgan fingerprint density at radius 1 is 0.534 bits per heavy atom. The molecule has 8 aromatic rings. The van der Waals surface area contributed by atoms with E-state index in [1.54, 1.807) is 69.2 Å². The molecule has 0 radical (unpaired) electrons. The average molecular weight is 1620 g/mol. The van der Waals surface area contributed by atoms with Gasteiger partial charge in [-0.1, -0.05) is 103 Å². The number of nitrogens with two attached hydrogens (primary N) is 3. The smallest absolute Gasteiger partial charge is 0.407 e. The van der Waals surface area contributed by atoms with Gasteiger partial charge in [-0.3, -0.25) is 0 Å². The van der Waals surface area contributed by atoms with Crippen LogP contribution < -0.4 is 42.6 Å². The fourth-order valence-corrected chi connectivity index (χ4v) is 16.3. The number of nitrogens with one attached hydrogen (secondary N) is 5. The minimum Gasteiger partial charge on any atom is -0.447 e. The van der Waals surface area contributed by atoms with E-state index in [1.165, 1.54) is 33.8 Å². The van der Waals surface area contributed by atoms with E-state index in [0.29, 0.717) is 68.9 Å². The highest BCUT2D eigenvalue weighted by Gasteiger charge is 2.30. The van der Waals surface area contributed by atoms with Crippen LogP contribution in [0.5, 0.6) is 0 Å². The maximum absolute atomic E-state index is 13.3. The number of hydrogen-bond acceptors (Lipinski definition) is 20. The summed E-state index contributed by atoms with van der Waals surface area (Å²) >= 11 is 9.69. The van der Waals surface area contributed by atoms with Gasteiger partial charge in [-0.15, -0.1) is 29.3 Å². The molecule has 0 bridgehead atoms. The van der Waals surface area contributed by atoms with Gasteiger partial charge in [-0.25, -0.2) is 65.8 Å². The maximum atomic E-state index is 13.3. The number of anilines is 5. The lowest BCUT2D eigenvalue weighted by molar-refractivity contribution is 0.108. The zero-order valence-corrected chi connectivity index (χ0v) is 67.7. The number of thiazole rings is 2. The Morgan fingerprint density at radius 3 is 1.33 bits per heavy atom. The van der Waals surface area contributed by atoms with E-state index in [4.69, 9.17) is 31.7 Å². The molecule has 2 saturated carbocycles. The number of benzene rings is 2. The second-order valence-corrected chi connectivity index (χ2v) is 33.5. The summed E-state index contributed by atoms with van der Waals surface area (Å²) in [5.74, 6) is 3.81. The Kier molecular flexibility index (Phi) is 35.3. The van der Waals surface area contributed by atoms with Crippen molar-refractivity contribution in [2.45, 2.75) is 199 Å². The highest BCUT2D eigenvalue weighted by molar-refractivity contribution is 9.10. The lowest BCUT2D eigenvalue weighted by Gasteiger charge is -2.28. The molecule has 6 heterocycles. The molecule has 0 spiro atoms. The fourth-order valence-electron chi connectivity index (χ4n) is 10.5. The first-order valence-electron chi connectivity index (χ1n) is 34.3. The number of ether oxygens (including phenoxy) is 2. The van der Waals surface area contributed by atoms with Crippen molar-refractivity contribution in [2.75, 3.05) is 35.6 Å². The van der Waals surface area contributed by atoms with Crippen LogP contribution in [0, 0.1) is 0 Å². The minimum atomic E-state index is -3.75. The zero-order valence-electron chi connectivity index (χ0n) is 61.2. The molecule has 2 amide bonds. The van der Waals surface area contributed by atoms with Crippen molar-refractivity contribution in [3.05, 3.63) is 176 Å². The summed E-state index contributed by atoms with van der Waals surface area (Å²) < 4.78 is 69.1. The molecule has 0 saturated heterocycles. The molecule has 22 nitrogen and oxygen atoms in total. The SMILES string of the molecule is C=C(C)C.C=C(C)c1ccnc(N)c1.CC(C)c1ccnc(N)c1.CCNS(=O)(=O)c1cc(Br)ccc1-c1cnc(C2CCC(NC(=O)OC(C)C)CC2)s1.CCNS(=O)(=O)c1cc(Nc2cc(C(C)C)ccn2)ccc1-c1cnc(C2CCC(NC(=O)OC(C)C)CC2)s1.Nc1cc(Br)ccn1. The van der Waals surface area contributed by atoms with Gasteiger partial charge in [-0.05, 0) is 201 Å². The number of alkyl carbamates (subject to hydrolysis) is 2. The summed E-state index contributed by atoms with van der Waals surface area (Å²) in [5, 5.41) is 11.2. The highest BCUT2D eigenvalue weighted by atomic mass is 79.9. The number of pyridine rings is 4. The summed E-state index contributed by atoms with van der Waals surface area (Å²) in [6, 6.07) is 26.0. The monoisotopic (exact) mass is 1610 g/mol. The molecular weight excluding hydrogens is 1510 g/mol. The summed E-state index contributed by atoms with van der Waals surface area (Å²) in [4.78, 5) is 51.1. The predicted octanol–water partition coefficient (Wildman–Crippen LogP) is 18.1. The average Bonchev–Trinajstić information content (AvgIpc) is 1.77. The van der Waals surface area contributed by atoms with Crippen LogP contribution in [0.25, 0.3) is 26.5 Å². The second kappa shape index (κ2) is 42.3. The predicted molar refractivity (Wildman–Crippen MR) is 429 cm³/mol. The van der Waals surface area contributed by atoms with Crippen LogP contribution in [0.4, 0.5) is 38.5 Å². The van der Waals surface area contributed by atoms with Crippen molar-refractivity contribution < 1.29 is 35.9 Å². The summed E-state index contributed by atoms with van der Waals surface area (Å²) in [6.45, 7) is 33.2. The molecule has 2 aromatic carbocycles. The maximum Gasteiger partial charge on any atom is 0.407 e. The van der Waals surface area contributed by atoms with Crippen molar-refractivity contribution in [2.24, 2.45) is 0 Å². The van der Waals surface area contributed by atoms with Crippen LogP contribution in [0.3, 0.4) is 0 Å². The van der Waals surface area contributed by atoms with Crippen LogP contribution in [0.1, 0.15) is 192 Å². The lowest BCUT2D eigenvalue weighted by atomic mass is 9.86. The highest BCUT2D eigenvalue weighted by Crippen LogP contribution is 2.42. The number of hydrogen-bond donors (Lipinski definition) is 8. The van der Waals surface area contributed by atoms with Gasteiger partial charge < -0.3 is 42.6 Å². The van der Waals surface area contributed by atoms with Crippen molar-refractivity contribution in [1.29, 1.82) is 0 Å². The number of aromatic nitrogens is 6. The van der Waals surface area contributed by atoms with Crippen molar-refractivity contribution >= 4 is 121 Å². The Hall–Kier alpha value is -7.70. The Balaban J connectivity index is 0.000000262. The van der Waals surface area contributed by atoms with Gasteiger partial charge in [0, 0.05) is 99.9 Å². The zero-order chi connectivity index (χ0) is 76.1. The number of rotatable bonds is 19. The molecule has 0 unspecified atom stereocenters. The molecule has 103 heavy (non-hydrogen) atoms. The van der Waals surface area contributed by atoms with Crippen LogP contribution in [-0.4, -0.2) is 96.3 Å². The summed E-state index contributed by atoms with van der Waals surface area (Å²) in [6.07, 6.45) is 16.4. The number of sulfonamides is 2. The van der Waals surface area contributed by atoms with Crippen molar-refractivity contribution in [1.82, 2.24) is 50.0 Å². The molecule has 2 fully saturated rings. The molecule has 2 aliphatic carbocycles. The molecule has 10 rings (SSSR count). The summed E-state index contributed by atoms with van der Waals surface area (Å²) in [7, 11) is -7.36. The van der Waals surface area contributed by atoms with E-state index in [0.717, 1.165) is 92.3 Å². The Bertz CT molecular complexity index is 4250. The van der Waals surface area contributed by atoms with Gasteiger partial charge in [0.1, 0.15) is 23.3 Å². The van der Waals surface area contributed by atoms with E-state index in [-0.39, 0.29) is 58.7 Å². The largest absolute Gasteiger partial charge is 0.447 e. The molecule has 11 N–H and O–H groups in total. The van der Waals surface area contributed by atoms with Gasteiger partial charge in [0.05, 0.1) is 41.8 Å². The van der Waals surface area contributed by atoms with Gasteiger partial charge >= 0.3 is 12.2 Å². The van der Waals surface area contributed by atoms with E-state index in [1.807, 2.05) is 115 Å². The third kappa shape index (κ3) is 29.8. The minimum absolute atomic E-state index is 0.0922. The second-order valence-electron chi connectivity index (χ2n) is 26.1. The molecule has 0 atom stereocenters. The first-order valence-corrected chi connectivity index (χ1v) is 40.5. The van der Waals surface area contributed by atoms with E-state index in [2.05, 4.69) is 123 Å². The standard InChI is InChI=1S/C29H39N5O4S2.C21H28BrN3O4S2.C8H12N2.C8H10N2.C5H5BrN2.C4H8/c1-6-32-40(36,37)26-16-23(33-27-15-21(18(2)3)13-14-30-27)11-12-24(26)25-17-31-28(39-25)20-7-9-22(10-8-20)34-29(35)38-19(4)5;1-4-24-31(27,28)19-11-15(22)7-10-17(19)18-12-23-20(30-18)14-5-8-16(9-6-14)25-21(26)29-13(2)3;2*1-6(2)7-3-4-10-8(9)5-7;6-4-1-2-8-5(7)3-4;1-4(2)3/h11-20,22,32H,6-10H2,1-5H3,(H,30,33)(H,34,35);7,10-14,16,24H,4-6,8-9H2,1-3H3,(H,25,26);3-6H,1-2H3,(H2,9,10);3-5H,1H2,2H3,(H2,9,10);1-3H,(H2,7,8);1H2,2-3H3. The number of nitrogen functional groups attached to an aromatic ring is 3. The Morgan fingerprint density at radius 2 is 0.942 bits per heavy atom. The first-order chi connectivity index (χ1) is 48.7. The number of nitrogens with zero attached hydrogens (tertiary/aromatic N) is 6. The first kappa shape index (κ1) is 85.9. The van der Waals surface area contributed by atoms with Crippen LogP contribution in [0.15, 0.2) is 160 Å². The number of carbonyl (C=O) groups is 2. The number of allylic oxidation sites excluding steroid dienone is 2. The van der Waals surface area contributed by atoms with E-state index >= 15 is 0 Å². The normalized spacial score (nSPS) is 15.6. The molecular formula is C75H102Br2N14O8S4. The Labute approximate surface area is 634 Å². The molecule has 0 aliphatic heterocycles. The van der Waals surface area contributed by atoms with Gasteiger partial charge in [0.15, 0.2) is 0 Å². The molecule has 28 heteroatoms. The number of halogens is 2. The molecule has 6 aromatic heterocycles. The van der Waals surface area contributed by atoms with E-state index < -0.39 is 20.0 Å². The third-order valence-electron chi connectivity index (χ3n) is 15.4. The summed E-state index contributed by atoms with van der Waals surface area (Å²) in [5.41, 5.74) is 23.8. The van der Waals surface area contributed by atoms with Crippen LogP contribution >= 0.6 is 54.5 Å². The third-order valence-corrected chi connectivity index (χ3v) is 22.0. The lowest BCUT2D eigenvalue weighted by Crippen LogP contribution is -2.38. The quantitative estimate of drug-likeness (QED) is 0.0349. The van der Waals surface area contributed by atoms with Gasteiger partial charge in [0.25, 0.3) is 0 Å². The number of carbonyl (C=O) groups excluding carboxylic acids is 2. The van der Waals surface area contributed by atoms with E-state index in [9.17, 15) is 26.4 Å². The van der Waals surface area contributed by atoms with Gasteiger partial charge in [0.2, 0.25) is 20.0 Å².